The fraction of sp³-hybridized carbons (Fsp3) is 0.333. The molecule has 0 N–H and O–H groups in total. The number of thiol groups is 1. The molecule has 0 atom stereocenters. The Balaban J connectivity index is 2.40. The Labute approximate surface area is 135 Å². The molecule has 0 saturated heterocycles. The summed E-state index contributed by atoms with van der Waals surface area (Å²) in [6.45, 7) is 0. The fourth-order valence-electron chi connectivity index (χ4n) is 1.63. The van der Waals surface area contributed by atoms with Crippen molar-refractivity contribution < 1.29 is 9.47 Å². The molecule has 108 valence electrons. The lowest BCUT2D eigenvalue weighted by atomic mass is 10.3. The number of hydrogen-bond acceptors (Lipinski definition) is 6. The van der Waals surface area contributed by atoms with Crippen LogP contribution in [-0.2, 0) is 0 Å². The molecular weight excluding hydrogens is 362 g/mol. The van der Waals surface area contributed by atoms with Gasteiger partial charge in [-0.2, -0.15) is 17.6 Å². The molecule has 0 bridgehead atoms. The summed E-state index contributed by atoms with van der Waals surface area (Å²) in [4.78, 5) is 4.35. The van der Waals surface area contributed by atoms with Gasteiger partial charge in [-0.3, -0.25) is 0 Å². The molecule has 2 aromatic rings. The maximum absolute atomic E-state index is 5.31. The third-order valence-corrected chi connectivity index (χ3v) is 4.28. The Bertz CT molecular complexity index is 592. The van der Waals surface area contributed by atoms with Crippen LogP contribution in [0.1, 0.15) is 0 Å². The molecule has 1 heterocycles. The third-order valence-electron chi connectivity index (χ3n) is 2.49. The highest BCUT2D eigenvalue weighted by molar-refractivity contribution is 9.10. The van der Waals surface area contributed by atoms with Crippen molar-refractivity contribution in [3.63, 3.8) is 0 Å². The highest BCUT2D eigenvalue weighted by Crippen LogP contribution is 2.30. The van der Waals surface area contributed by atoms with Gasteiger partial charge in [0.1, 0.15) is 0 Å². The molecule has 20 heavy (non-hydrogen) atoms. The second kappa shape index (κ2) is 7.24. The molecule has 1 aromatic heterocycles. The smallest absolute Gasteiger partial charge is 0.218 e. The SMILES string of the molecule is COc1ccc(-n2nc(Br)nc2SCCS)cc1OC. The van der Waals surface area contributed by atoms with Crippen molar-refractivity contribution in [2.45, 2.75) is 5.16 Å². The van der Waals surface area contributed by atoms with Crippen LogP contribution in [0.5, 0.6) is 11.5 Å². The second-order valence-electron chi connectivity index (χ2n) is 3.69. The quantitative estimate of drug-likeness (QED) is 0.620. The van der Waals surface area contributed by atoms with Crippen molar-refractivity contribution in [2.24, 2.45) is 0 Å². The number of methoxy groups -OCH3 is 2. The Morgan fingerprint density at radius 2 is 2.05 bits per heavy atom. The number of ether oxygens (including phenoxy) is 2. The van der Waals surface area contributed by atoms with Gasteiger partial charge in [-0.15, -0.1) is 5.10 Å². The number of aromatic nitrogens is 3. The molecule has 1 aromatic carbocycles. The zero-order chi connectivity index (χ0) is 14.5. The Kier molecular flexibility index (Phi) is 5.62. The van der Waals surface area contributed by atoms with Gasteiger partial charge in [-0.05, 0) is 33.8 Å². The predicted molar refractivity (Wildman–Crippen MR) is 86.7 cm³/mol. The summed E-state index contributed by atoms with van der Waals surface area (Å²) in [6, 6.07) is 5.62. The fourth-order valence-corrected chi connectivity index (χ4v) is 3.04. The van der Waals surface area contributed by atoms with E-state index in [1.54, 1.807) is 30.7 Å². The lowest BCUT2D eigenvalue weighted by molar-refractivity contribution is 0.354. The van der Waals surface area contributed by atoms with Gasteiger partial charge in [0, 0.05) is 11.8 Å². The molecule has 0 spiro atoms. The maximum atomic E-state index is 5.31. The average Bonchev–Trinajstić information content (AvgIpc) is 2.85. The molecule has 0 aliphatic carbocycles. The number of benzene rings is 1. The zero-order valence-corrected chi connectivity index (χ0v) is 14.3. The lowest BCUT2D eigenvalue weighted by Crippen LogP contribution is -2.01. The molecule has 5 nitrogen and oxygen atoms in total. The highest BCUT2D eigenvalue weighted by atomic mass is 79.9. The molecule has 0 aliphatic heterocycles. The van der Waals surface area contributed by atoms with Crippen LogP contribution in [0, 0.1) is 0 Å². The topological polar surface area (TPSA) is 49.2 Å². The van der Waals surface area contributed by atoms with Crippen LogP contribution in [-0.4, -0.2) is 40.5 Å². The van der Waals surface area contributed by atoms with E-state index in [4.69, 9.17) is 9.47 Å². The van der Waals surface area contributed by atoms with Crippen molar-refractivity contribution in [1.82, 2.24) is 14.8 Å². The second-order valence-corrected chi connectivity index (χ2v) is 5.91. The first kappa shape index (κ1) is 15.5. The van der Waals surface area contributed by atoms with Gasteiger partial charge in [0.05, 0.1) is 19.9 Å². The van der Waals surface area contributed by atoms with Gasteiger partial charge in [0.15, 0.2) is 16.7 Å². The van der Waals surface area contributed by atoms with Crippen LogP contribution < -0.4 is 9.47 Å². The van der Waals surface area contributed by atoms with Crippen LogP contribution in [0.15, 0.2) is 28.1 Å². The summed E-state index contributed by atoms with van der Waals surface area (Å²) in [5, 5.41) is 5.15. The minimum Gasteiger partial charge on any atom is -0.493 e. The molecule has 0 aliphatic rings. The van der Waals surface area contributed by atoms with Gasteiger partial charge in [-0.25, -0.2) is 4.68 Å². The molecule has 0 radical (unpaired) electrons. The molecule has 0 saturated carbocycles. The number of nitrogens with zero attached hydrogens (tertiary/aromatic N) is 3. The molecular formula is C12H14BrN3O2S2. The summed E-state index contributed by atoms with van der Waals surface area (Å²) in [6.07, 6.45) is 0. The van der Waals surface area contributed by atoms with Crippen molar-refractivity contribution in [1.29, 1.82) is 0 Å². The van der Waals surface area contributed by atoms with Crippen molar-refractivity contribution in [3.8, 4) is 17.2 Å². The first-order valence-electron chi connectivity index (χ1n) is 5.78. The number of hydrogen-bond donors (Lipinski definition) is 1. The van der Waals surface area contributed by atoms with E-state index in [0.29, 0.717) is 16.2 Å². The van der Waals surface area contributed by atoms with Crippen LogP contribution in [0.25, 0.3) is 5.69 Å². The highest BCUT2D eigenvalue weighted by Gasteiger charge is 2.13. The van der Waals surface area contributed by atoms with E-state index in [1.165, 1.54) is 0 Å². The zero-order valence-electron chi connectivity index (χ0n) is 11.0. The van der Waals surface area contributed by atoms with E-state index in [1.807, 2.05) is 18.2 Å². The predicted octanol–water partition coefficient (Wildman–Crippen LogP) is 3.07. The Hall–Kier alpha value is -0.860. The van der Waals surface area contributed by atoms with Gasteiger partial charge >= 0.3 is 0 Å². The molecule has 2 rings (SSSR count). The lowest BCUT2D eigenvalue weighted by Gasteiger charge is -2.10. The molecule has 0 unspecified atom stereocenters. The van der Waals surface area contributed by atoms with E-state index in [9.17, 15) is 0 Å². The molecule has 0 amide bonds. The van der Waals surface area contributed by atoms with Crippen LogP contribution in [0.3, 0.4) is 0 Å². The Morgan fingerprint density at radius 1 is 1.30 bits per heavy atom. The van der Waals surface area contributed by atoms with Gasteiger partial charge in [0.2, 0.25) is 4.73 Å². The maximum Gasteiger partial charge on any atom is 0.218 e. The Morgan fingerprint density at radius 3 is 2.70 bits per heavy atom. The molecule has 0 fully saturated rings. The van der Waals surface area contributed by atoms with Gasteiger partial charge in [0.25, 0.3) is 0 Å². The standard InChI is InChI=1S/C12H14BrN3O2S2/c1-17-9-4-3-8(7-10(9)18-2)16-12(20-6-5-19)14-11(13)15-16/h3-4,7,19H,5-6H2,1-2H3. The van der Waals surface area contributed by atoms with E-state index in [2.05, 4.69) is 38.6 Å². The summed E-state index contributed by atoms with van der Waals surface area (Å²) in [5.74, 6) is 2.98. The van der Waals surface area contributed by atoms with Gasteiger partial charge in [-0.1, -0.05) is 11.8 Å². The first-order valence-corrected chi connectivity index (χ1v) is 8.19. The normalized spacial score (nSPS) is 10.6. The van der Waals surface area contributed by atoms with Crippen LogP contribution >= 0.6 is 40.3 Å². The summed E-state index contributed by atoms with van der Waals surface area (Å²) in [5.41, 5.74) is 0.863. The van der Waals surface area contributed by atoms with Gasteiger partial charge < -0.3 is 9.47 Å². The number of halogens is 1. The van der Waals surface area contributed by atoms with E-state index < -0.39 is 0 Å². The number of rotatable bonds is 6. The molecule has 8 heteroatoms. The van der Waals surface area contributed by atoms with E-state index >= 15 is 0 Å². The summed E-state index contributed by atoms with van der Waals surface area (Å²) < 4.78 is 12.9. The average molecular weight is 376 g/mol. The summed E-state index contributed by atoms with van der Waals surface area (Å²) >= 11 is 9.11. The largest absolute Gasteiger partial charge is 0.493 e. The van der Waals surface area contributed by atoms with Crippen LogP contribution in [0.4, 0.5) is 0 Å². The van der Waals surface area contributed by atoms with E-state index in [-0.39, 0.29) is 0 Å². The monoisotopic (exact) mass is 375 g/mol. The van der Waals surface area contributed by atoms with Crippen LogP contribution in [0.2, 0.25) is 0 Å². The van der Waals surface area contributed by atoms with Crippen molar-refractivity contribution in [3.05, 3.63) is 22.9 Å². The van der Waals surface area contributed by atoms with Crippen molar-refractivity contribution in [2.75, 3.05) is 25.7 Å². The minimum absolute atomic E-state index is 0.550. The number of thioether (sulfide) groups is 1. The summed E-state index contributed by atoms with van der Waals surface area (Å²) in [7, 11) is 3.22. The first-order chi connectivity index (χ1) is 9.69. The third kappa shape index (κ3) is 3.42. The van der Waals surface area contributed by atoms with E-state index in [0.717, 1.165) is 22.3 Å². The minimum atomic E-state index is 0.550. The van der Waals surface area contributed by atoms with Crippen molar-refractivity contribution >= 4 is 40.3 Å².